The maximum absolute atomic E-state index is 12.4. The molecule has 0 unspecified atom stereocenters. The Bertz CT molecular complexity index is 618. The third-order valence-corrected chi connectivity index (χ3v) is 4.78. The van der Waals surface area contributed by atoms with Crippen LogP contribution in [0.3, 0.4) is 0 Å². The van der Waals surface area contributed by atoms with Gasteiger partial charge in [-0.3, -0.25) is 9.69 Å². The molecule has 1 heterocycles. The minimum atomic E-state index is -0.189. The molecule has 0 radical (unpaired) electrons. The summed E-state index contributed by atoms with van der Waals surface area (Å²) in [5.41, 5.74) is 6.97. The molecule has 8 heteroatoms. The number of nitrogens with one attached hydrogen (secondary N) is 2. The van der Waals surface area contributed by atoms with Crippen LogP contribution in [0.1, 0.15) is 36.0 Å². The number of anilines is 1. The van der Waals surface area contributed by atoms with Crippen molar-refractivity contribution in [1.82, 2.24) is 10.6 Å². The predicted molar refractivity (Wildman–Crippen MR) is 97.1 cm³/mol. The molecule has 6 nitrogen and oxygen atoms in total. The molecule has 1 aromatic rings. The maximum Gasteiger partial charge on any atom is 0.322 e. The van der Waals surface area contributed by atoms with E-state index in [0.717, 1.165) is 25.7 Å². The number of carbonyl (C=O) groups is 2. The summed E-state index contributed by atoms with van der Waals surface area (Å²) in [5.74, 6) is -0.136. The van der Waals surface area contributed by atoms with Crippen molar-refractivity contribution in [2.24, 2.45) is 5.73 Å². The highest BCUT2D eigenvalue weighted by Crippen LogP contribution is 2.28. The first kappa shape index (κ1) is 18.8. The molecule has 1 aromatic carbocycles. The van der Waals surface area contributed by atoms with Gasteiger partial charge in [-0.1, -0.05) is 11.6 Å². The monoisotopic (exact) mass is 372 g/mol. The van der Waals surface area contributed by atoms with E-state index in [4.69, 9.17) is 17.3 Å². The van der Waals surface area contributed by atoms with Crippen molar-refractivity contribution >= 4 is 41.6 Å². The van der Waals surface area contributed by atoms with E-state index in [1.165, 1.54) is 0 Å². The second kappa shape index (κ2) is 8.05. The summed E-state index contributed by atoms with van der Waals surface area (Å²) in [6.45, 7) is 1.12. The molecule has 4 N–H and O–H groups in total. The van der Waals surface area contributed by atoms with Gasteiger partial charge in [0, 0.05) is 30.7 Å². The van der Waals surface area contributed by atoms with E-state index in [1.807, 2.05) is 0 Å². The minimum Gasteiger partial charge on any atom is -0.349 e. The Labute approximate surface area is 152 Å². The maximum atomic E-state index is 12.4. The fourth-order valence-electron chi connectivity index (χ4n) is 3.09. The standard InChI is InChI=1S/C16H21ClN4O2.ClH/c17-13-6-1-10(9-14(13)21-8-7-19-16(21)23)15(22)20-12-4-2-11(18)3-5-12;/h1,6,9,11-12H,2-5,7-8,18H2,(H,19,23)(H,20,22);1H. The lowest BCUT2D eigenvalue weighted by atomic mass is 9.91. The van der Waals surface area contributed by atoms with Gasteiger partial charge in [-0.2, -0.15) is 0 Å². The number of urea groups is 1. The molecule has 2 fully saturated rings. The van der Waals surface area contributed by atoms with E-state index in [-0.39, 0.29) is 36.4 Å². The molecule has 0 aromatic heterocycles. The minimum absolute atomic E-state index is 0. The van der Waals surface area contributed by atoms with Gasteiger partial charge in [-0.15, -0.1) is 12.4 Å². The molecule has 1 aliphatic heterocycles. The van der Waals surface area contributed by atoms with Gasteiger partial charge in [0.2, 0.25) is 0 Å². The predicted octanol–water partition coefficient (Wildman–Crippen LogP) is 2.29. The fraction of sp³-hybridized carbons (Fsp3) is 0.500. The lowest BCUT2D eigenvalue weighted by Gasteiger charge is -2.27. The molecule has 3 rings (SSSR count). The van der Waals surface area contributed by atoms with Crippen LogP contribution in [0.25, 0.3) is 0 Å². The normalized spacial score (nSPS) is 23.4. The van der Waals surface area contributed by atoms with Gasteiger partial charge in [-0.25, -0.2) is 4.79 Å². The number of hydrogen-bond acceptors (Lipinski definition) is 3. The van der Waals surface area contributed by atoms with Crippen LogP contribution in [0.15, 0.2) is 18.2 Å². The summed E-state index contributed by atoms with van der Waals surface area (Å²) in [6.07, 6.45) is 3.68. The zero-order valence-corrected chi connectivity index (χ0v) is 14.8. The van der Waals surface area contributed by atoms with Crippen LogP contribution in [0.2, 0.25) is 5.02 Å². The van der Waals surface area contributed by atoms with Crippen LogP contribution in [0.4, 0.5) is 10.5 Å². The Morgan fingerprint density at radius 2 is 2.00 bits per heavy atom. The van der Waals surface area contributed by atoms with E-state index in [1.54, 1.807) is 23.1 Å². The lowest BCUT2D eigenvalue weighted by Crippen LogP contribution is -2.40. The van der Waals surface area contributed by atoms with E-state index >= 15 is 0 Å². The first-order valence-corrected chi connectivity index (χ1v) is 8.34. The third kappa shape index (κ3) is 4.12. The molecule has 1 saturated heterocycles. The molecular weight excluding hydrogens is 351 g/mol. The highest BCUT2D eigenvalue weighted by Gasteiger charge is 2.25. The van der Waals surface area contributed by atoms with Crippen LogP contribution in [-0.2, 0) is 0 Å². The van der Waals surface area contributed by atoms with E-state index < -0.39 is 0 Å². The Kier molecular flexibility index (Phi) is 6.32. The summed E-state index contributed by atoms with van der Waals surface area (Å²) in [7, 11) is 0. The number of benzene rings is 1. The average Bonchev–Trinajstić information content (AvgIpc) is 2.96. The molecule has 0 spiro atoms. The zero-order chi connectivity index (χ0) is 16.4. The van der Waals surface area contributed by atoms with E-state index in [0.29, 0.717) is 29.4 Å². The first-order chi connectivity index (χ1) is 11.0. The fourth-order valence-corrected chi connectivity index (χ4v) is 3.31. The summed E-state index contributed by atoms with van der Waals surface area (Å²) < 4.78 is 0. The van der Waals surface area contributed by atoms with Gasteiger partial charge < -0.3 is 16.4 Å². The molecule has 1 aliphatic carbocycles. The molecule has 1 saturated carbocycles. The van der Waals surface area contributed by atoms with Crippen LogP contribution >= 0.6 is 24.0 Å². The third-order valence-electron chi connectivity index (χ3n) is 4.46. The van der Waals surface area contributed by atoms with Crippen LogP contribution < -0.4 is 21.3 Å². The quantitative estimate of drug-likeness (QED) is 0.760. The first-order valence-electron chi connectivity index (χ1n) is 7.96. The zero-order valence-electron chi connectivity index (χ0n) is 13.3. The summed E-state index contributed by atoms with van der Waals surface area (Å²) >= 11 is 6.19. The van der Waals surface area contributed by atoms with Crippen molar-refractivity contribution in [2.75, 3.05) is 18.0 Å². The molecule has 0 bridgehead atoms. The average molecular weight is 373 g/mol. The number of nitrogens with two attached hydrogens (primary N) is 1. The van der Waals surface area contributed by atoms with E-state index in [9.17, 15) is 9.59 Å². The Morgan fingerprint density at radius 3 is 2.62 bits per heavy atom. The number of amides is 3. The summed E-state index contributed by atoms with van der Waals surface area (Å²) in [6, 6.07) is 5.25. The number of hydrogen-bond donors (Lipinski definition) is 3. The largest absolute Gasteiger partial charge is 0.349 e. The van der Waals surface area contributed by atoms with Crippen molar-refractivity contribution in [3.05, 3.63) is 28.8 Å². The van der Waals surface area contributed by atoms with Crippen molar-refractivity contribution in [3.8, 4) is 0 Å². The summed E-state index contributed by atoms with van der Waals surface area (Å²) in [4.78, 5) is 25.8. The van der Waals surface area contributed by atoms with Crippen molar-refractivity contribution < 1.29 is 9.59 Å². The molecule has 2 aliphatic rings. The number of rotatable bonds is 3. The molecule has 132 valence electrons. The van der Waals surface area contributed by atoms with Crippen molar-refractivity contribution in [2.45, 2.75) is 37.8 Å². The van der Waals surface area contributed by atoms with Crippen molar-refractivity contribution in [3.63, 3.8) is 0 Å². The van der Waals surface area contributed by atoms with Gasteiger partial charge in [0.1, 0.15) is 0 Å². The number of nitrogens with zero attached hydrogens (tertiary/aromatic N) is 1. The van der Waals surface area contributed by atoms with Gasteiger partial charge in [0.15, 0.2) is 0 Å². The Balaban J connectivity index is 0.00000208. The number of carbonyl (C=O) groups excluding carboxylic acids is 2. The van der Waals surface area contributed by atoms with E-state index in [2.05, 4.69) is 10.6 Å². The second-order valence-corrected chi connectivity index (χ2v) is 6.54. The SMILES string of the molecule is Cl.NC1CCC(NC(=O)c2ccc(Cl)c(N3CCNC3=O)c2)CC1. The van der Waals surface area contributed by atoms with Gasteiger partial charge in [0.05, 0.1) is 10.7 Å². The highest BCUT2D eigenvalue weighted by atomic mass is 35.5. The van der Waals surface area contributed by atoms with Gasteiger partial charge >= 0.3 is 6.03 Å². The molecule has 24 heavy (non-hydrogen) atoms. The molecule has 0 atom stereocenters. The summed E-state index contributed by atoms with van der Waals surface area (Å²) in [5, 5.41) is 6.24. The Morgan fingerprint density at radius 1 is 1.29 bits per heavy atom. The Hall–Kier alpha value is -1.50. The van der Waals surface area contributed by atoms with Gasteiger partial charge in [0.25, 0.3) is 5.91 Å². The topological polar surface area (TPSA) is 87.5 Å². The van der Waals surface area contributed by atoms with Crippen LogP contribution in [0.5, 0.6) is 0 Å². The molecular formula is C16H22Cl2N4O2. The highest BCUT2D eigenvalue weighted by molar-refractivity contribution is 6.34. The smallest absolute Gasteiger partial charge is 0.322 e. The second-order valence-electron chi connectivity index (χ2n) is 6.13. The van der Waals surface area contributed by atoms with Crippen LogP contribution in [-0.4, -0.2) is 37.1 Å². The number of halogens is 2. The van der Waals surface area contributed by atoms with Crippen molar-refractivity contribution in [1.29, 1.82) is 0 Å². The molecule has 3 amide bonds. The van der Waals surface area contributed by atoms with Crippen LogP contribution in [0, 0.1) is 0 Å². The lowest BCUT2D eigenvalue weighted by molar-refractivity contribution is 0.0926. The van der Waals surface area contributed by atoms with Gasteiger partial charge in [-0.05, 0) is 43.9 Å².